The number of rotatable bonds is 8. The molecule has 2 aromatic heterocycles. The first-order valence-electron chi connectivity index (χ1n) is 15.0. The molecule has 13 nitrogen and oxygen atoms in total. The lowest BCUT2D eigenvalue weighted by molar-refractivity contribution is -0.402. The van der Waals surface area contributed by atoms with Gasteiger partial charge in [0.15, 0.2) is 5.76 Å². The maximum Gasteiger partial charge on any atom is 0.433 e. The van der Waals surface area contributed by atoms with Gasteiger partial charge in [-0.25, -0.2) is 0 Å². The van der Waals surface area contributed by atoms with Gasteiger partial charge in [0.25, 0.3) is 11.8 Å². The smallest absolute Gasteiger partial charge is 0.395 e. The predicted molar refractivity (Wildman–Crippen MR) is 169 cm³/mol. The number of nitrogens with one attached hydrogen (secondary N) is 2. The number of furan rings is 1. The summed E-state index contributed by atoms with van der Waals surface area (Å²) < 4.78 is 9.82. The molecular formula is C32H36N6O7. The third kappa shape index (κ3) is 8.06. The summed E-state index contributed by atoms with van der Waals surface area (Å²) in [6.45, 7) is 3.72. The summed E-state index contributed by atoms with van der Waals surface area (Å²) in [6.07, 6.45) is 8.49. The lowest BCUT2D eigenvalue weighted by Crippen LogP contribution is -2.30. The van der Waals surface area contributed by atoms with E-state index in [0.717, 1.165) is 62.1 Å². The molecule has 3 N–H and O–H groups in total. The lowest BCUT2D eigenvalue weighted by Gasteiger charge is -2.30. The summed E-state index contributed by atoms with van der Waals surface area (Å²) in [4.78, 5) is 38.9. The van der Waals surface area contributed by atoms with Crippen LogP contribution in [0.25, 0.3) is 0 Å². The Balaban J connectivity index is 0.000000182. The van der Waals surface area contributed by atoms with E-state index in [0.29, 0.717) is 11.3 Å². The van der Waals surface area contributed by atoms with Crippen molar-refractivity contribution in [2.45, 2.75) is 45.1 Å². The van der Waals surface area contributed by atoms with Crippen molar-refractivity contribution in [3.63, 3.8) is 0 Å². The Hall–Kier alpha value is -5.17. The number of amides is 2. The van der Waals surface area contributed by atoms with Crippen molar-refractivity contribution in [2.75, 3.05) is 46.6 Å². The zero-order valence-corrected chi connectivity index (χ0v) is 24.8. The van der Waals surface area contributed by atoms with Crippen LogP contribution in [-0.2, 0) is 6.61 Å². The van der Waals surface area contributed by atoms with Gasteiger partial charge in [0.05, 0.1) is 41.6 Å². The summed E-state index contributed by atoms with van der Waals surface area (Å²) in [6, 6.07) is 17.2. The number of nitrogens with zero attached hydrogens (tertiary/aromatic N) is 4. The van der Waals surface area contributed by atoms with Gasteiger partial charge in [0.1, 0.15) is 4.92 Å². The quantitative estimate of drug-likeness (QED) is 0.162. The van der Waals surface area contributed by atoms with Gasteiger partial charge in [-0.05, 0) is 74.4 Å². The van der Waals surface area contributed by atoms with E-state index in [2.05, 4.69) is 25.6 Å². The van der Waals surface area contributed by atoms with Crippen molar-refractivity contribution in [1.29, 1.82) is 0 Å². The summed E-state index contributed by atoms with van der Waals surface area (Å²) in [7, 11) is 0. The molecule has 2 aromatic carbocycles. The number of aliphatic hydroxyl groups is 1. The van der Waals surface area contributed by atoms with Crippen molar-refractivity contribution in [3.8, 4) is 0 Å². The molecule has 2 aliphatic heterocycles. The summed E-state index contributed by atoms with van der Waals surface area (Å²) >= 11 is 0. The third-order valence-electron chi connectivity index (χ3n) is 7.69. The predicted octanol–water partition coefficient (Wildman–Crippen LogP) is 5.84. The Morgan fingerprint density at radius 3 is 2.02 bits per heavy atom. The standard InChI is InChI=1S/C17H19N3O5.C15H17N3O2/c21-11-12-4-5-14(19-8-2-1-3-9-19)13(10-12)18-17(22)15-6-7-16(25-15)20(23)24;19-15(14-8-9-16-20-14)17-12-6-2-3-7-13(12)18-10-4-1-5-11-18/h4-7,10,21H,1-3,8-9,11H2,(H,18,22);2-3,6-9H,1,4-5,10-11H2,(H,17,19). The van der Waals surface area contributed by atoms with Crippen LogP contribution < -0.4 is 20.4 Å². The molecule has 2 fully saturated rings. The molecule has 0 atom stereocenters. The van der Waals surface area contributed by atoms with Crippen LogP contribution in [0.2, 0.25) is 0 Å². The normalized spacial score (nSPS) is 14.7. The van der Waals surface area contributed by atoms with Crippen molar-refractivity contribution in [2.24, 2.45) is 0 Å². The molecule has 0 radical (unpaired) electrons. The molecule has 45 heavy (non-hydrogen) atoms. The summed E-state index contributed by atoms with van der Waals surface area (Å²) in [5.41, 5.74) is 3.97. The van der Waals surface area contributed by atoms with Gasteiger partial charge >= 0.3 is 5.88 Å². The number of anilines is 4. The summed E-state index contributed by atoms with van der Waals surface area (Å²) in [5, 5.41) is 29.2. The number of carbonyl (C=O) groups is 2. The molecule has 4 aromatic rings. The van der Waals surface area contributed by atoms with E-state index in [1.165, 1.54) is 37.9 Å². The molecule has 2 amide bonds. The van der Waals surface area contributed by atoms with Crippen LogP contribution in [0, 0.1) is 10.1 Å². The first-order valence-corrected chi connectivity index (χ1v) is 15.0. The Labute approximate surface area is 259 Å². The highest BCUT2D eigenvalue weighted by Crippen LogP contribution is 2.31. The number of para-hydroxylation sites is 2. The van der Waals surface area contributed by atoms with Crippen molar-refractivity contribution < 1.29 is 28.6 Å². The molecule has 0 unspecified atom stereocenters. The van der Waals surface area contributed by atoms with Gasteiger partial charge in [-0.15, -0.1) is 0 Å². The van der Waals surface area contributed by atoms with Crippen LogP contribution in [0.3, 0.4) is 0 Å². The Bertz CT molecular complexity index is 1590. The highest BCUT2D eigenvalue weighted by atomic mass is 16.6. The number of hydrogen-bond donors (Lipinski definition) is 3. The topological polar surface area (TPSA) is 167 Å². The molecule has 2 aliphatic rings. The van der Waals surface area contributed by atoms with E-state index in [-0.39, 0.29) is 24.0 Å². The van der Waals surface area contributed by atoms with Crippen LogP contribution in [0.1, 0.15) is 65.2 Å². The number of benzene rings is 2. The number of carbonyl (C=O) groups excluding carboxylic acids is 2. The summed E-state index contributed by atoms with van der Waals surface area (Å²) in [5.74, 6) is -1.23. The van der Waals surface area contributed by atoms with Gasteiger partial charge in [0.2, 0.25) is 5.76 Å². The monoisotopic (exact) mass is 616 g/mol. The van der Waals surface area contributed by atoms with Crippen molar-refractivity contribution >= 4 is 40.4 Å². The first-order chi connectivity index (χ1) is 21.9. The zero-order valence-electron chi connectivity index (χ0n) is 24.8. The number of hydrogen-bond acceptors (Lipinski definition) is 10. The molecular weight excluding hydrogens is 580 g/mol. The lowest BCUT2D eigenvalue weighted by atomic mass is 10.1. The van der Waals surface area contributed by atoms with E-state index in [1.54, 1.807) is 12.1 Å². The maximum absolute atomic E-state index is 12.4. The Kier molecular flexibility index (Phi) is 10.4. The van der Waals surface area contributed by atoms with Gasteiger partial charge < -0.3 is 34.5 Å². The number of aromatic nitrogens is 1. The van der Waals surface area contributed by atoms with Crippen molar-refractivity contribution in [1.82, 2.24) is 5.16 Å². The van der Waals surface area contributed by atoms with Gasteiger partial charge in [-0.1, -0.05) is 23.4 Å². The minimum absolute atomic E-state index is 0.134. The average molecular weight is 617 g/mol. The molecule has 13 heteroatoms. The minimum Gasteiger partial charge on any atom is -0.395 e. The molecule has 0 spiro atoms. The van der Waals surface area contributed by atoms with E-state index in [4.69, 9.17) is 8.94 Å². The number of aliphatic hydroxyl groups excluding tert-OH is 1. The molecule has 0 saturated carbocycles. The van der Waals surface area contributed by atoms with Gasteiger partial charge in [-0.2, -0.15) is 0 Å². The highest BCUT2D eigenvalue weighted by molar-refractivity contribution is 6.05. The van der Waals surface area contributed by atoms with E-state index >= 15 is 0 Å². The third-order valence-corrected chi connectivity index (χ3v) is 7.69. The van der Waals surface area contributed by atoms with Crippen LogP contribution in [-0.4, -0.2) is 53.2 Å². The van der Waals surface area contributed by atoms with E-state index < -0.39 is 16.7 Å². The Morgan fingerprint density at radius 1 is 0.800 bits per heavy atom. The second kappa shape index (κ2) is 15.0. The molecule has 2 saturated heterocycles. The molecule has 0 bridgehead atoms. The first kappa shape index (κ1) is 31.3. The molecule has 0 aliphatic carbocycles. The van der Waals surface area contributed by atoms with Crippen LogP contribution in [0.5, 0.6) is 0 Å². The largest absolute Gasteiger partial charge is 0.433 e. The van der Waals surface area contributed by atoms with Gasteiger partial charge in [-0.3, -0.25) is 19.7 Å². The fourth-order valence-corrected chi connectivity index (χ4v) is 5.43. The van der Waals surface area contributed by atoms with Crippen LogP contribution in [0.15, 0.2) is 75.8 Å². The highest BCUT2D eigenvalue weighted by Gasteiger charge is 2.21. The molecule has 236 valence electrons. The second-order valence-electron chi connectivity index (χ2n) is 10.8. The second-order valence-corrected chi connectivity index (χ2v) is 10.8. The fourth-order valence-electron chi connectivity index (χ4n) is 5.43. The SMILES string of the molecule is O=C(Nc1cc(CO)ccc1N1CCCCC1)c1ccc([N+](=O)[O-])o1.O=C(Nc1ccccc1N1CCCCC1)c1ccno1. The van der Waals surface area contributed by atoms with Crippen LogP contribution >= 0.6 is 0 Å². The number of piperidine rings is 2. The number of nitro groups is 1. The Morgan fingerprint density at radius 2 is 1.42 bits per heavy atom. The fraction of sp³-hybridized carbons (Fsp3) is 0.344. The minimum atomic E-state index is -0.692. The van der Waals surface area contributed by atoms with Gasteiger partial charge in [0, 0.05) is 32.2 Å². The van der Waals surface area contributed by atoms with Crippen LogP contribution in [0.4, 0.5) is 28.6 Å². The van der Waals surface area contributed by atoms with E-state index in [1.807, 2.05) is 36.4 Å². The van der Waals surface area contributed by atoms with E-state index in [9.17, 15) is 24.8 Å². The zero-order chi connectivity index (χ0) is 31.6. The molecule has 6 rings (SSSR count). The maximum atomic E-state index is 12.4. The molecule has 4 heterocycles. The van der Waals surface area contributed by atoms with Crippen molar-refractivity contribution in [3.05, 3.63) is 94.1 Å². The average Bonchev–Trinajstić information content (AvgIpc) is 3.80.